The number of aromatic amines is 1. The van der Waals surface area contributed by atoms with Crippen LogP contribution in [0.15, 0.2) is 78.9 Å². The number of anilines is 1. The van der Waals surface area contributed by atoms with E-state index in [1.165, 1.54) is 0 Å². The molecule has 4 rings (SSSR count). The van der Waals surface area contributed by atoms with E-state index >= 15 is 0 Å². The van der Waals surface area contributed by atoms with Gasteiger partial charge in [-0.3, -0.25) is 4.79 Å². The molecule has 0 unspecified atom stereocenters. The highest BCUT2D eigenvalue weighted by atomic mass is 16.5. The lowest BCUT2D eigenvalue weighted by atomic mass is 10.2. The zero-order chi connectivity index (χ0) is 17.9. The molecule has 0 radical (unpaired) electrons. The summed E-state index contributed by atoms with van der Waals surface area (Å²) in [6.07, 6.45) is 0. The Morgan fingerprint density at radius 3 is 2.38 bits per heavy atom. The van der Waals surface area contributed by atoms with Crippen LogP contribution in [-0.4, -0.2) is 10.9 Å². The topological polar surface area (TPSA) is 54.1 Å². The molecule has 0 aliphatic carbocycles. The minimum absolute atomic E-state index is 0.171. The highest BCUT2D eigenvalue weighted by molar-refractivity contribution is 6.06. The lowest BCUT2D eigenvalue weighted by Gasteiger charge is -2.07. The number of amides is 1. The number of rotatable bonds is 4. The number of carbonyl (C=O) groups excluding carboxylic acids is 1. The molecule has 3 aromatic carbocycles. The van der Waals surface area contributed by atoms with Crippen molar-refractivity contribution in [3.8, 4) is 11.5 Å². The summed E-state index contributed by atoms with van der Waals surface area (Å²) in [4.78, 5) is 15.6. The maximum Gasteiger partial charge on any atom is 0.272 e. The second-order valence-electron chi connectivity index (χ2n) is 6.17. The summed E-state index contributed by atoms with van der Waals surface area (Å²) in [7, 11) is 0. The zero-order valence-corrected chi connectivity index (χ0v) is 14.3. The van der Waals surface area contributed by atoms with Crippen molar-refractivity contribution in [3.05, 3.63) is 90.1 Å². The summed E-state index contributed by atoms with van der Waals surface area (Å²) in [5, 5.41) is 3.93. The number of benzene rings is 3. The van der Waals surface area contributed by atoms with Crippen LogP contribution in [0.25, 0.3) is 10.9 Å². The van der Waals surface area contributed by atoms with E-state index in [0.717, 1.165) is 28.0 Å². The maximum atomic E-state index is 12.5. The molecule has 1 amide bonds. The van der Waals surface area contributed by atoms with Gasteiger partial charge in [-0.1, -0.05) is 29.8 Å². The van der Waals surface area contributed by atoms with Gasteiger partial charge in [0.1, 0.15) is 17.2 Å². The highest BCUT2D eigenvalue weighted by Gasteiger charge is 2.10. The van der Waals surface area contributed by atoms with Gasteiger partial charge in [-0.2, -0.15) is 0 Å². The Kier molecular flexibility index (Phi) is 4.15. The third kappa shape index (κ3) is 3.44. The first-order chi connectivity index (χ1) is 12.7. The highest BCUT2D eigenvalue weighted by Crippen LogP contribution is 2.23. The van der Waals surface area contributed by atoms with Crippen LogP contribution in [0, 0.1) is 6.92 Å². The summed E-state index contributed by atoms with van der Waals surface area (Å²) in [6.45, 7) is 2.03. The molecule has 0 fully saturated rings. The molecule has 4 aromatic rings. The van der Waals surface area contributed by atoms with E-state index in [4.69, 9.17) is 4.74 Å². The van der Waals surface area contributed by atoms with Gasteiger partial charge in [0.25, 0.3) is 5.91 Å². The summed E-state index contributed by atoms with van der Waals surface area (Å²) in [5.74, 6) is 1.32. The number of ether oxygens (including phenoxy) is 1. The standard InChI is InChI=1S/C22H18N2O2/c1-15-7-12-20-16(13-15)14-21(24-20)22(25)23-17-8-10-19(11-9-17)26-18-5-3-2-4-6-18/h2-14,24H,1H3,(H,23,25). The Bertz CT molecular complexity index is 1050. The Hall–Kier alpha value is -3.53. The molecule has 4 heteroatoms. The molecule has 1 aromatic heterocycles. The van der Waals surface area contributed by atoms with E-state index in [9.17, 15) is 4.79 Å². The summed E-state index contributed by atoms with van der Waals surface area (Å²) in [5.41, 5.74) is 3.37. The first-order valence-corrected chi connectivity index (χ1v) is 8.41. The average molecular weight is 342 g/mol. The number of hydrogen-bond donors (Lipinski definition) is 2. The van der Waals surface area contributed by atoms with Crippen molar-refractivity contribution in [1.29, 1.82) is 0 Å². The first-order valence-electron chi connectivity index (χ1n) is 8.41. The van der Waals surface area contributed by atoms with E-state index in [1.54, 1.807) is 0 Å². The number of aryl methyl sites for hydroxylation is 1. The summed E-state index contributed by atoms with van der Waals surface area (Å²) >= 11 is 0. The van der Waals surface area contributed by atoms with Crippen molar-refractivity contribution in [3.63, 3.8) is 0 Å². The van der Waals surface area contributed by atoms with Gasteiger partial charge in [-0.15, -0.1) is 0 Å². The fourth-order valence-electron chi connectivity index (χ4n) is 2.80. The lowest BCUT2D eigenvalue weighted by molar-refractivity contribution is 0.102. The molecule has 0 atom stereocenters. The minimum atomic E-state index is -0.171. The van der Waals surface area contributed by atoms with Crippen LogP contribution in [0.5, 0.6) is 11.5 Å². The summed E-state index contributed by atoms with van der Waals surface area (Å²) in [6, 6.07) is 24.8. The van der Waals surface area contributed by atoms with Gasteiger partial charge in [0.15, 0.2) is 0 Å². The molecule has 0 spiro atoms. The number of aromatic nitrogens is 1. The van der Waals surface area contributed by atoms with Gasteiger partial charge in [0, 0.05) is 16.6 Å². The van der Waals surface area contributed by atoms with Gasteiger partial charge >= 0.3 is 0 Å². The molecule has 128 valence electrons. The number of carbonyl (C=O) groups is 1. The minimum Gasteiger partial charge on any atom is -0.457 e. The molecule has 4 nitrogen and oxygen atoms in total. The molecule has 0 saturated heterocycles. The number of para-hydroxylation sites is 1. The van der Waals surface area contributed by atoms with E-state index < -0.39 is 0 Å². The molecule has 1 heterocycles. The van der Waals surface area contributed by atoms with E-state index in [1.807, 2.05) is 79.7 Å². The maximum absolute atomic E-state index is 12.5. The monoisotopic (exact) mass is 342 g/mol. The second kappa shape index (κ2) is 6.76. The van der Waals surface area contributed by atoms with Crippen LogP contribution in [0.2, 0.25) is 0 Å². The molecule has 0 aliphatic heterocycles. The average Bonchev–Trinajstić information content (AvgIpc) is 3.07. The van der Waals surface area contributed by atoms with Gasteiger partial charge in [0.05, 0.1) is 0 Å². The van der Waals surface area contributed by atoms with Crippen LogP contribution in [-0.2, 0) is 0 Å². The quantitative estimate of drug-likeness (QED) is 0.513. The SMILES string of the molecule is Cc1ccc2[nH]c(C(=O)Nc3ccc(Oc4ccccc4)cc3)cc2c1. The Balaban J connectivity index is 1.46. The summed E-state index contributed by atoms with van der Waals surface area (Å²) < 4.78 is 5.76. The van der Waals surface area contributed by atoms with Crippen LogP contribution in [0.1, 0.15) is 16.1 Å². The van der Waals surface area contributed by atoms with Gasteiger partial charge < -0.3 is 15.0 Å². The predicted octanol–water partition coefficient (Wildman–Crippen LogP) is 5.52. The van der Waals surface area contributed by atoms with Gasteiger partial charge in [-0.25, -0.2) is 0 Å². The number of fused-ring (bicyclic) bond motifs is 1. The fourth-order valence-corrected chi connectivity index (χ4v) is 2.80. The number of nitrogens with one attached hydrogen (secondary N) is 2. The Labute approximate surface area is 151 Å². The van der Waals surface area contributed by atoms with Crippen LogP contribution >= 0.6 is 0 Å². The third-order valence-corrected chi connectivity index (χ3v) is 4.11. The van der Waals surface area contributed by atoms with Crippen molar-refractivity contribution in [2.45, 2.75) is 6.92 Å². The number of hydrogen-bond acceptors (Lipinski definition) is 2. The molecular weight excluding hydrogens is 324 g/mol. The van der Waals surface area contributed by atoms with E-state index in [-0.39, 0.29) is 5.91 Å². The van der Waals surface area contributed by atoms with Crippen molar-refractivity contribution < 1.29 is 9.53 Å². The van der Waals surface area contributed by atoms with Crippen LogP contribution in [0.4, 0.5) is 5.69 Å². The van der Waals surface area contributed by atoms with Crippen molar-refractivity contribution >= 4 is 22.5 Å². The normalized spacial score (nSPS) is 10.7. The third-order valence-electron chi connectivity index (χ3n) is 4.11. The van der Waals surface area contributed by atoms with Gasteiger partial charge in [0.2, 0.25) is 0 Å². The van der Waals surface area contributed by atoms with Crippen molar-refractivity contribution in [2.75, 3.05) is 5.32 Å². The Morgan fingerprint density at radius 1 is 0.885 bits per heavy atom. The molecule has 2 N–H and O–H groups in total. The van der Waals surface area contributed by atoms with Crippen LogP contribution in [0.3, 0.4) is 0 Å². The number of H-pyrrole nitrogens is 1. The van der Waals surface area contributed by atoms with Crippen LogP contribution < -0.4 is 10.1 Å². The molecule has 0 saturated carbocycles. The molecule has 26 heavy (non-hydrogen) atoms. The predicted molar refractivity (Wildman–Crippen MR) is 104 cm³/mol. The molecular formula is C22H18N2O2. The van der Waals surface area contributed by atoms with E-state index in [0.29, 0.717) is 11.4 Å². The Morgan fingerprint density at radius 2 is 1.62 bits per heavy atom. The lowest BCUT2D eigenvalue weighted by Crippen LogP contribution is -2.12. The first kappa shape index (κ1) is 16.0. The van der Waals surface area contributed by atoms with Crippen molar-refractivity contribution in [2.24, 2.45) is 0 Å². The largest absolute Gasteiger partial charge is 0.457 e. The molecule has 0 aliphatic rings. The van der Waals surface area contributed by atoms with Gasteiger partial charge in [-0.05, 0) is 61.5 Å². The van der Waals surface area contributed by atoms with E-state index in [2.05, 4.69) is 16.4 Å². The smallest absolute Gasteiger partial charge is 0.272 e. The zero-order valence-electron chi connectivity index (χ0n) is 14.3. The fraction of sp³-hybridized carbons (Fsp3) is 0.0455. The van der Waals surface area contributed by atoms with Crippen molar-refractivity contribution in [1.82, 2.24) is 4.98 Å². The molecule has 0 bridgehead atoms. The second-order valence-corrected chi connectivity index (χ2v) is 6.17.